The monoisotopic (exact) mass is 262 g/mol. The molecule has 0 bridgehead atoms. The van der Waals surface area contributed by atoms with Crippen molar-refractivity contribution in [1.82, 2.24) is 5.32 Å². The van der Waals surface area contributed by atoms with Crippen molar-refractivity contribution in [1.29, 1.82) is 0 Å². The Hall–Kier alpha value is -1.55. The average Bonchev–Trinajstić information content (AvgIpc) is 2.43. The number of amides is 1. The molecule has 1 fully saturated rings. The lowest BCUT2D eigenvalue weighted by Crippen LogP contribution is -2.49. The number of para-hydroxylation sites is 1. The van der Waals surface area contributed by atoms with Gasteiger partial charge in [0, 0.05) is 12.1 Å². The van der Waals surface area contributed by atoms with Gasteiger partial charge in [0.15, 0.2) is 0 Å². The molecule has 1 aromatic rings. The SMILES string of the molecule is N[C@@H]1CCCC[C@H]1NC(=O)CCOc1ccccc1. The van der Waals surface area contributed by atoms with Crippen LogP contribution in [0, 0.1) is 0 Å². The maximum atomic E-state index is 11.8. The van der Waals surface area contributed by atoms with Crippen molar-refractivity contribution in [2.45, 2.75) is 44.2 Å². The fraction of sp³-hybridized carbons (Fsp3) is 0.533. The van der Waals surface area contributed by atoms with E-state index in [2.05, 4.69) is 5.32 Å². The van der Waals surface area contributed by atoms with Gasteiger partial charge in [-0.15, -0.1) is 0 Å². The van der Waals surface area contributed by atoms with Crippen LogP contribution in [0.2, 0.25) is 0 Å². The second kappa shape index (κ2) is 7.14. The minimum absolute atomic E-state index is 0.0262. The first kappa shape index (κ1) is 13.9. The van der Waals surface area contributed by atoms with Crippen LogP contribution in [0.4, 0.5) is 0 Å². The molecule has 0 aromatic heterocycles. The number of nitrogens with one attached hydrogen (secondary N) is 1. The van der Waals surface area contributed by atoms with Gasteiger partial charge in [-0.2, -0.15) is 0 Å². The zero-order valence-electron chi connectivity index (χ0n) is 11.2. The topological polar surface area (TPSA) is 64.3 Å². The first-order valence-electron chi connectivity index (χ1n) is 6.98. The number of hydrogen-bond acceptors (Lipinski definition) is 3. The Bertz CT molecular complexity index is 394. The third-order valence-corrected chi connectivity index (χ3v) is 3.51. The van der Waals surface area contributed by atoms with Gasteiger partial charge in [-0.05, 0) is 25.0 Å². The lowest BCUT2D eigenvalue weighted by molar-refractivity contribution is -0.122. The zero-order chi connectivity index (χ0) is 13.5. The molecule has 2 rings (SSSR count). The van der Waals surface area contributed by atoms with E-state index in [0.717, 1.165) is 25.0 Å². The van der Waals surface area contributed by atoms with Gasteiger partial charge in [-0.3, -0.25) is 4.79 Å². The summed E-state index contributed by atoms with van der Waals surface area (Å²) in [6.07, 6.45) is 4.69. The summed E-state index contributed by atoms with van der Waals surface area (Å²) in [5.41, 5.74) is 6.00. The molecule has 2 atom stereocenters. The van der Waals surface area contributed by atoms with Crippen LogP contribution in [0.3, 0.4) is 0 Å². The summed E-state index contributed by atoms with van der Waals surface area (Å²) in [5, 5.41) is 3.01. The van der Waals surface area contributed by atoms with E-state index in [0.29, 0.717) is 13.0 Å². The minimum Gasteiger partial charge on any atom is -0.493 e. The van der Waals surface area contributed by atoms with Crippen molar-refractivity contribution >= 4 is 5.91 Å². The van der Waals surface area contributed by atoms with Gasteiger partial charge in [0.1, 0.15) is 5.75 Å². The van der Waals surface area contributed by atoms with Crippen molar-refractivity contribution in [3.05, 3.63) is 30.3 Å². The van der Waals surface area contributed by atoms with Gasteiger partial charge in [-0.25, -0.2) is 0 Å². The summed E-state index contributed by atoms with van der Waals surface area (Å²) in [6.45, 7) is 0.401. The van der Waals surface area contributed by atoms with Crippen LogP contribution in [0.15, 0.2) is 30.3 Å². The Morgan fingerprint density at radius 1 is 1.26 bits per heavy atom. The number of rotatable bonds is 5. The third-order valence-electron chi connectivity index (χ3n) is 3.51. The number of carbonyl (C=O) groups excluding carboxylic acids is 1. The molecular formula is C15H22N2O2. The van der Waals surface area contributed by atoms with Crippen molar-refractivity contribution < 1.29 is 9.53 Å². The largest absolute Gasteiger partial charge is 0.493 e. The normalized spacial score (nSPS) is 22.8. The van der Waals surface area contributed by atoms with Crippen LogP contribution in [0.5, 0.6) is 5.75 Å². The summed E-state index contributed by atoms with van der Waals surface area (Å²) < 4.78 is 5.50. The Labute approximate surface area is 114 Å². The molecule has 104 valence electrons. The fourth-order valence-corrected chi connectivity index (χ4v) is 2.40. The van der Waals surface area contributed by atoms with Crippen molar-refractivity contribution in [2.24, 2.45) is 5.73 Å². The Morgan fingerprint density at radius 2 is 2.00 bits per heavy atom. The second-order valence-corrected chi connectivity index (χ2v) is 5.03. The van der Waals surface area contributed by atoms with E-state index in [-0.39, 0.29) is 18.0 Å². The lowest BCUT2D eigenvalue weighted by Gasteiger charge is -2.29. The molecule has 0 unspecified atom stereocenters. The molecule has 1 aliphatic carbocycles. The number of ether oxygens (including phenoxy) is 1. The van der Waals surface area contributed by atoms with Gasteiger partial charge in [0.25, 0.3) is 0 Å². The molecule has 4 heteroatoms. The predicted molar refractivity (Wildman–Crippen MR) is 74.9 cm³/mol. The molecule has 0 radical (unpaired) electrons. The molecule has 19 heavy (non-hydrogen) atoms. The number of carbonyl (C=O) groups is 1. The maximum Gasteiger partial charge on any atom is 0.223 e. The number of benzene rings is 1. The summed E-state index contributed by atoms with van der Waals surface area (Å²) >= 11 is 0. The summed E-state index contributed by atoms with van der Waals surface area (Å²) in [6, 6.07) is 9.77. The molecule has 1 aromatic carbocycles. The Balaban J connectivity index is 1.67. The van der Waals surface area contributed by atoms with E-state index >= 15 is 0 Å². The predicted octanol–water partition coefficient (Wildman–Crippen LogP) is 1.84. The van der Waals surface area contributed by atoms with Crippen LogP contribution < -0.4 is 15.8 Å². The molecule has 1 aliphatic rings. The van der Waals surface area contributed by atoms with Gasteiger partial charge in [-0.1, -0.05) is 31.0 Å². The fourth-order valence-electron chi connectivity index (χ4n) is 2.40. The van der Waals surface area contributed by atoms with Crippen molar-refractivity contribution in [3.8, 4) is 5.75 Å². The van der Waals surface area contributed by atoms with Crippen LogP contribution in [-0.2, 0) is 4.79 Å². The summed E-state index contributed by atoms with van der Waals surface area (Å²) in [4.78, 5) is 11.8. The quantitative estimate of drug-likeness (QED) is 0.851. The molecule has 1 amide bonds. The van der Waals surface area contributed by atoms with Crippen molar-refractivity contribution in [2.75, 3.05) is 6.61 Å². The van der Waals surface area contributed by atoms with Gasteiger partial charge < -0.3 is 15.8 Å². The van der Waals surface area contributed by atoms with Crippen LogP contribution in [-0.4, -0.2) is 24.6 Å². The number of nitrogens with two attached hydrogens (primary N) is 1. The first-order valence-corrected chi connectivity index (χ1v) is 6.98. The molecule has 0 aliphatic heterocycles. The molecule has 0 heterocycles. The van der Waals surface area contributed by atoms with Gasteiger partial charge in [0.05, 0.1) is 13.0 Å². The highest BCUT2D eigenvalue weighted by Crippen LogP contribution is 2.17. The van der Waals surface area contributed by atoms with E-state index in [4.69, 9.17) is 10.5 Å². The van der Waals surface area contributed by atoms with E-state index in [1.807, 2.05) is 30.3 Å². The number of hydrogen-bond donors (Lipinski definition) is 2. The zero-order valence-corrected chi connectivity index (χ0v) is 11.2. The molecule has 3 N–H and O–H groups in total. The van der Waals surface area contributed by atoms with Crippen LogP contribution in [0.1, 0.15) is 32.1 Å². The van der Waals surface area contributed by atoms with Crippen LogP contribution >= 0.6 is 0 Å². The third kappa shape index (κ3) is 4.56. The van der Waals surface area contributed by atoms with E-state index in [1.54, 1.807) is 0 Å². The lowest BCUT2D eigenvalue weighted by atomic mass is 9.91. The van der Waals surface area contributed by atoms with Gasteiger partial charge in [0.2, 0.25) is 5.91 Å². The molecule has 4 nitrogen and oxygen atoms in total. The molecule has 0 saturated heterocycles. The van der Waals surface area contributed by atoms with E-state index < -0.39 is 0 Å². The highest BCUT2D eigenvalue weighted by atomic mass is 16.5. The highest BCUT2D eigenvalue weighted by Gasteiger charge is 2.22. The highest BCUT2D eigenvalue weighted by molar-refractivity contribution is 5.76. The van der Waals surface area contributed by atoms with E-state index in [1.165, 1.54) is 6.42 Å². The average molecular weight is 262 g/mol. The van der Waals surface area contributed by atoms with Gasteiger partial charge >= 0.3 is 0 Å². The molecular weight excluding hydrogens is 240 g/mol. The standard InChI is InChI=1S/C15H22N2O2/c16-13-8-4-5-9-14(13)17-15(18)10-11-19-12-6-2-1-3-7-12/h1-3,6-7,13-14H,4-5,8-11,16H2,(H,17,18)/t13-,14-/m1/s1. The molecule has 0 spiro atoms. The van der Waals surface area contributed by atoms with Crippen molar-refractivity contribution in [3.63, 3.8) is 0 Å². The Morgan fingerprint density at radius 3 is 2.74 bits per heavy atom. The van der Waals surface area contributed by atoms with E-state index in [9.17, 15) is 4.79 Å². The van der Waals surface area contributed by atoms with Crippen LogP contribution in [0.25, 0.3) is 0 Å². The smallest absolute Gasteiger partial charge is 0.223 e. The Kier molecular flexibility index (Phi) is 5.21. The second-order valence-electron chi connectivity index (χ2n) is 5.03. The first-order chi connectivity index (χ1) is 9.25. The summed E-state index contributed by atoms with van der Waals surface area (Å²) in [7, 11) is 0. The summed E-state index contributed by atoms with van der Waals surface area (Å²) in [5.74, 6) is 0.822. The minimum atomic E-state index is 0.0262. The molecule has 1 saturated carbocycles. The maximum absolute atomic E-state index is 11.8.